The molecule has 2 N–H and O–H groups in total. The van der Waals surface area contributed by atoms with Gasteiger partial charge in [-0.15, -0.1) is 5.10 Å². The molecule has 0 aliphatic carbocycles. The van der Waals surface area contributed by atoms with Gasteiger partial charge in [-0.3, -0.25) is 5.10 Å². The third-order valence-corrected chi connectivity index (χ3v) is 2.40. The fourth-order valence-electron chi connectivity index (χ4n) is 1.39. The minimum absolute atomic E-state index is 0.359. The second kappa shape index (κ2) is 5.16. The molecule has 2 aromatic heterocycles. The van der Waals surface area contributed by atoms with Gasteiger partial charge >= 0.3 is 0 Å². The Morgan fingerprint density at radius 3 is 2.88 bits per heavy atom. The first-order valence-electron chi connectivity index (χ1n) is 5.18. The van der Waals surface area contributed by atoms with Crippen LogP contribution in [0.4, 0.5) is 0 Å². The van der Waals surface area contributed by atoms with E-state index < -0.39 is 0 Å². The number of pyridine rings is 1. The number of aromatic nitrogens is 3. The van der Waals surface area contributed by atoms with Crippen molar-refractivity contribution >= 4 is 11.6 Å². The van der Waals surface area contributed by atoms with Gasteiger partial charge in [-0.1, -0.05) is 11.6 Å². The van der Waals surface area contributed by atoms with Crippen molar-refractivity contribution in [2.45, 2.75) is 13.5 Å². The molecule has 2 aromatic rings. The van der Waals surface area contributed by atoms with Crippen LogP contribution in [0.2, 0.25) is 5.02 Å². The second-order valence-corrected chi connectivity index (χ2v) is 4.06. The van der Waals surface area contributed by atoms with Gasteiger partial charge in [0.2, 0.25) is 11.8 Å². The fraction of sp³-hybridized carbons (Fsp3) is 0.273. The van der Waals surface area contributed by atoms with Gasteiger partial charge in [0.15, 0.2) is 0 Å². The molecule has 2 rings (SSSR count). The first-order chi connectivity index (χ1) is 8.19. The quantitative estimate of drug-likeness (QED) is 0.876. The van der Waals surface area contributed by atoms with Crippen LogP contribution in [0, 0.1) is 6.92 Å². The lowest BCUT2D eigenvalue weighted by Gasteiger charge is -2.05. The Kier molecular flexibility index (Phi) is 3.61. The Morgan fingerprint density at radius 2 is 2.29 bits per heavy atom. The topological polar surface area (TPSA) is 62.8 Å². The van der Waals surface area contributed by atoms with Crippen LogP contribution in [-0.2, 0) is 6.54 Å². The zero-order chi connectivity index (χ0) is 12.3. The zero-order valence-electron chi connectivity index (χ0n) is 9.62. The molecule has 0 atom stereocenters. The first-order valence-corrected chi connectivity index (χ1v) is 5.55. The first kappa shape index (κ1) is 11.9. The van der Waals surface area contributed by atoms with E-state index in [1.807, 2.05) is 20.0 Å². The highest BCUT2D eigenvalue weighted by molar-refractivity contribution is 6.31. The predicted molar refractivity (Wildman–Crippen MR) is 65.4 cm³/mol. The SMILES string of the molecule is CNCc1cnc(Oc2cc(C)[nH]n2)c(Cl)c1. The average Bonchev–Trinajstić information content (AvgIpc) is 2.69. The molecule has 0 radical (unpaired) electrons. The summed E-state index contributed by atoms with van der Waals surface area (Å²) < 4.78 is 5.46. The summed E-state index contributed by atoms with van der Waals surface area (Å²) >= 11 is 6.07. The summed E-state index contributed by atoms with van der Waals surface area (Å²) in [5, 5.41) is 10.2. The Labute approximate surface area is 104 Å². The molecule has 0 saturated heterocycles. The molecule has 0 saturated carbocycles. The van der Waals surface area contributed by atoms with Gasteiger partial charge in [0.1, 0.15) is 5.02 Å². The number of H-pyrrole nitrogens is 1. The maximum Gasteiger partial charge on any atom is 0.240 e. The monoisotopic (exact) mass is 252 g/mol. The van der Waals surface area contributed by atoms with E-state index in [9.17, 15) is 0 Å². The van der Waals surface area contributed by atoms with Crippen LogP contribution in [-0.4, -0.2) is 22.2 Å². The van der Waals surface area contributed by atoms with E-state index in [-0.39, 0.29) is 0 Å². The summed E-state index contributed by atoms with van der Waals surface area (Å²) in [5.41, 5.74) is 1.92. The van der Waals surface area contributed by atoms with E-state index in [0.717, 1.165) is 11.3 Å². The van der Waals surface area contributed by atoms with Crippen LogP contribution in [0.25, 0.3) is 0 Å². The summed E-state index contributed by atoms with van der Waals surface area (Å²) in [7, 11) is 1.87. The van der Waals surface area contributed by atoms with Crippen molar-refractivity contribution < 1.29 is 4.74 Å². The smallest absolute Gasteiger partial charge is 0.240 e. The fourth-order valence-corrected chi connectivity index (χ4v) is 1.61. The normalized spacial score (nSPS) is 10.5. The molecule has 5 nitrogen and oxygen atoms in total. The highest BCUT2D eigenvalue weighted by atomic mass is 35.5. The number of halogens is 1. The molecule has 2 heterocycles. The molecule has 0 aliphatic heterocycles. The molecular weight excluding hydrogens is 240 g/mol. The van der Waals surface area contributed by atoms with E-state index in [1.165, 1.54) is 0 Å². The molecule has 0 spiro atoms. The summed E-state index contributed by atoms with van der Waals surface area (Å²) in [6, 6.07) is 3.60. The highest BCUT2D eigenvalue weighted by Crippen LogP contribution is 2.26. The van der Waals surface area contributed by atoms with Gasteiger partial charge in [0, 0.05) is 24.5 Å². The predicted octanol–water partition coefficient (Wildman–Crippen LogP) is 2.28. The maximum atomic E-state index is 6.07. The van der Waals surface area contributed by atoms with Crippen molar-refractivity contribution in [1.82, 2.24) is 20.5 Å². The van der Waals surface area contributed by atoms with Crippen molar-refractivity contribution in [2.75, 3.05) is 7.05 Å². The van der Waals surface area contributed by atoms with Gasteiger partial charge < -0.3 is 10.1 Å². The van der Waals surface area contributed by atoms with E-state index in [2.05, 4.69) is 20.5 Å². The lowest BCUT2D eigenvalue weighted by molar-refractivity contribution is 0.443. The van der Waals surface area contributed by atoms with Crippen LogP contribution in [0.3, 0.4) is 0 Å². The molecular formula is C11H13ClN4O. The number of nitrogens with zero attached hydrogens (tertiary/aromatic N) is 2. The minimum Gasteiger partial charge on any atom is -0.417 e. The second-order valence-electron chi connectivity index (χ2n) is 3.65. The zero-order valence-corrected chi connectivity index (χ0v) is 10.4. The van der Waals surface area contributed by atoms with Gasteiger partial charge in [-0.2, -0.15) is 0 Å². The Bertz CT molecular complexity index is 512. The molecule has 0 unspecified atom stereocenters. The number of ether oxygens (including phenoxy) is 1. The molecule has 6 heteroatoms. The van der Waals surface area contributed by atoms with Crippen molar-refractivity contribution in [3.05, 3.63) is 34.6 Å². The van der Waals surface area contributed by atoms with Gasteiger partial charge in [0.25, 0.3) is 0 Å². The molecule has 0 aromatic carbocycles. The molecule has 90 valence electrons. The van der Waals surface area contributed by atoms with Crippen LogP contribution in [0.15, 0.2) is 18.3 Å². The minimum atomic E-state index is 0.359. The molecule has 0 aliphatic rings. The number of rotatable bonds is 4. The van der Waals surface area contributed by atoms with Crippen molar-refractivity contribution in [3.63, 3.8) is 0 Å². The maximum absolute atomic E-state index is 6.07. The van der Waals surface area contributed by atoms with Crippen LogP contribution >= 0.6 is 11.6 Å². The number of hydrogen-bond acceptors (Lipinski definition) is 4. The Hall–Kier alpha value is -1.59. The number of aryl methyl sites for hydroxylation is 1. The van der Waals surface area contributed by atoms with Gasteiger partial charge in [-0.25, -0.2) is 4.98 Å². The van der Waals surface area contributed by atoms with Gasteiger partial charge in [0.05, 0.1) is 0 Å². The highest BCUT2D eigenvalue weighted by Gasteiger charge is 2.07. The summed E-state index contributed by atoms with van der Waals surface area (Å²) in [6.45, 7) is 2.61. The lowest BCUT2D eigenvalue weighted by Crippen LogP contribution is -2.05. The molecule has 0 fully saturated rings. The third-order valence-electron chi connectivity index (χ3n) is 2.13. The molecule has 0 amide bonds. The van der Waals surface area contributed by atoms with E-state index >= 15 is 0 Å². The Balaban J connectivity index is 2.16. The standard InChI is InChI=1S/C11H13ClN4O/c1-7-3-10(16-15-7)17-11-9(12)4-8(5-13-2)6-14-11/h3-4,6,13H,5H2,1-2H3,(H,15,16). The van der Waals surface area contributed by atoms with Crippen LogP contribution in [0.5, 0.6) is 11.8 Å². The summed E-state index contributed by atoms with van der Waals surface area (Å²) in [4.78, 5) is 4.15. The van der Waals surface area contributed by atoms with Crippen molar-refractivity contribution in [1.29, 1.82) is 0 Å². The number of aromatic amines is 1. The van der Waals surface area contributed by atoms with Crippen LogP contribution in [0.1, 0.15) is 11.3 Å². The third kappa shape index (κ3) is 2.95. The Morgan fingerprint density at radius 1 is 1.47 bits per heavy atom. The van der Waals surface area contributed by atoms with Crippen molar-refractivity contribution in [2.24, 2.45) is 0 Å². The lowest BCUT2D eigenvalue weighted by atomic mass is 10.3. The largest absolute Gasteiger partial charge is 0.417 e. The van der Waals surface area contributed by atoms with Gasteiger partial charge in [-0.05, 0) is 25.6 Å². The average molecular weight is 253 g/mol. The number of hydrogen-bond donors (Lipinski definition) is 2. The molecule has 0 bridgehead atoms. The van der Waals surface area contributed by atoms with Crippen molar-refractivity contribution in [3.8, 4) is 11.8 Å². The molecule has 17 heavy (non-hydrogen) atoms. The van der Waals surface area contributed by atoms with Crippen LogP contribution < -0.4 is 10.1 Å². The van der Waals surface area contributed by atoms with E-state index in [1.54, 1.807) is 12.3 Å². The number of nitrogens with one attached hydrogen (secondary N) is 2. The summed E-state index contributed by atoms with van der Waals surface area (Å²) in [6.07, 6.45) is 1.72. The summed E-state index contributed by atoms with van der Waals surface area (Å²) in [5.74, 6) is 0.816. The van der Waals surface area contributed by atoms with E-state index in [4.69, 9.17) is 16.3 Å². The van der Waals surface area contributed by atoms with E-state index in [0.29, 0.717) is 23.3 Å².